The summed E-state index contributed by atoms with van der Waals surface area (Å²) >= 11 is 12.9. The lowest BCUT2D eigenvalue weighted by molar-refractivity contribution is 0.815. The number of hydrogen-bond acceptors (Lipinski definition) is 5. The van der Waals surface area contributed by atoms with Crippen LogP contribution in [0.5, 0.6) is 0 Å². The molecule has 0 amide bonds. The molecule has 0 radical (unpaired) electrons. The van der Waals surface area contributed by atoms with Crippen molar-refractivity contribution in [1.29, 1.82) is 0 Å². The minimum absolute atomic E-state index is 0.239. The van der Waals surface area contributed by atoms with E-state index in [1.807, 2.05) is 103 Å². The molecular formula is C31H22Cl2N6. The summed E-state index contributed by atoms with van der Waals surface area (Å²) < 4.78 is 1.91. The van der Waals surface area contributed by atoms with E-state index >= 15 is 0 Å². The number of nitrogens with zero attached hydrogens (tertiary/aromatic N) is 5. The third-order valence-electron chi connectivity index (χ3n) is 6.89. The van der Waals surface area contributed by atoms with Crippen LogP contribution in [-0.2, 0) is 0 Å². The maximum absolute atomic E-state index is 6.54. The molecule has 190 valence electrons. The second kappa shape index (κ2) is 9.42. The van der Waals surface area contributed by atoms with Crippen molar-refractivity contribution in [2.75, 3.05) is 10.2 Å². The maximum Gasteiger partial charge on any atom is 0.179 e. The van der Waals surface area contributed by atoms with Gasteiger partial charge < -0.3 is 10.2 Å². The van der Waals surface area contributed by atoms with Gasteiger partial charge in [0.05, 0.1) is 28.8 Å². The fraction of sp³-hybridized carbons (Fsp3) is 0.0645. The average molecular weight is 549 g/mol. The normalized spacial score (nSPS) is 15.6. The average Bonchev–Trinajstić information content (AvgIpc) is 3.28. The van der Waals surface area contributed by atoms with Crippen LogP contribution >= 0.6 is 23.2 Å². The third-order valence-corrected chi connectivity index (χ3v) is 7.36. The van der Waals surface area contributed by atoms with E-state index < -0.39 is 0 Å². The topological polar surface area (TPSA) is 57.8 Å². The highest BCUT2D eigenvalue weighted by atomic mass is 35.5. The Morgan fingerprint density at radius 2 is 1.51 bits per heavy atom. The van der Waals surface area contributed by atoms with Crippen LogP contribution in [0.3, 0.4) is 0 Å². The van der Waals surface area contributed by atoms with Gasteiger partial charge in [0.25, 0.3) is 0 Å². The predicted octanol–water partition coefficient (Wildman–Crippen LogP) is 8.28. The largest absolute Gasteiger partial charge is 0.337 e. The molecule has 3 heterocycles. The number of rotatable bonds is 3. The van der Waals surface area contributed by atoms with Gasteiger partial charge in [-0.25, -0.2) is 14.7 Å². The number of amidine groups is 2. The molecule has 0 bridgehead atoms. The van der Waals surface area contributed by atoms with Crippen molar-refractivity contribution in [3.63, 3.8) is 0 Å². The van der Waals surface area contributed by atoms with Crippen molar-refractivity contribution in [1.82, 2.24) is 9.78 Å². The number of aliphatic imine (C=N–C) groups is 2. The van der Waals surface area contributed by atoms with Crippen LogP contribution in [0.15, 0.2) is 113 Å². The minimum Gasteiger partial charge on any atom is -0.337 e. The zero-order chi connectivity index (χ0) is 26.5. The van der Waals surface area contributed by atoms with Gasteiger partial charge in [-0.15, -0.1) is 0 Å². The van der Waals surface area contributed by atoms with E-state index in [9.17, 15) is 0 Å². The van der Waals surface area contributed by atoms with E-state index in [2.05, 4.69) is 22.3 Å². The Morgan fingerprint density at radius 3 is 2.31 bits per heavy atom. The fourth-order valence-corrected chi connectivity index (χ4v) is 5.63. The molecule has 7 rings (SSSR count). The summed E-state index contributed by atoms with van der Waals surface area (Å²) in [7, 11) is 0. The van der Waals surface area contributed by atoms with E-state index in [-0.39, 0.29) is 6.04 Å². The highest BCUT2D eigenvalue weighted by Gasteiger charge is 2.41. The first-order valence-electron chi connectivity index (χ1n) is 12.6. The van der Waals surface area contributed by atoms with Crippen LogP contribution in [0.25, 0.3) is 5.69 Å². The van der Waals surface area contributed by atoms with Gasteiger partial charge in [0.15, 0.2) is 17.5 Å². The SMILES string of the molecule is Cc1nn(-c2ccccc2)c2c1[C@H](c1cccc(Cl)c1)N1C(=N2)C(Nc2cccc(Cl)c2)=Nc2ccccc21. The molecule has 5 aromatic rings. The summed E-state index contributed by atoms with van der Waals surface area (Å²) in [6.45, 7) is 2.03. The number of hydrogen-bond donors (Lipinski definition) is 1. The lowest BCUT2D eigenvalue weighted by Gasteiger charge is -2.40. The van der Waals surface area contributed by atoms with Crippen molar-refractivity contribution in [2.45, 2.75) is 13.0 Å². The van der Waals surface area contributed by atoms with E-state index in [0.29, 0.717) is 21.7 Å². The second-order valence-corrected chi connectivity index (χ2v) is 10.3. The molecule has 6 nitrogen and oxygen atoms in total. The Bertz CT molecular complexity index is 1790. The van der Waals surface area contributed by atoms with Crippen LogP contribution in [0.1, 0.15) is 22.9 Å². The Morgan fingerprint density at radius 1 is 0.769 bits per heavy atom. The Hall–Kier alpha value is -4.39. The molecule has 0 unspecified atom stereocenters. The number of aryl methyl sites for hydroxylation is 1. The Kier molecular flexibility index (Phi) is 5.72. The van der Waals surface area contributed by atoms with Crippen molar-refractivity contribution < 1.29 is 0 Å². The summed E-state index contributed by atoms with van der Waals surface area (Å²) in [5, 5.41) is 9.75. The van der Waals surface area contributed by atoms with E-state index in [1.54, 1.807) is 0 Å². The fourth-order valence-electron chi connectivity index (χ4n) is 5.24. The zero-order valence-corrected chi connectivity index (χ0v) is 22.4. The lowest BCUT2D eigenvalue weighted by Crippen LogP contribution is -2.46. The summed E-state index contributed by atoms with van der Waals surface area (Å²) in [6.07, 6.45) is 0. The quantitative estimate of drug-likeness (QED) is 0.246. The van der Waals surface area contributed by atoms with E-state index in [1.165, 1.54) is 0 Å². The highest BCUT2D eigenvalue weighted by Crippen LogP contribution is 2.48. The summed E-state index contributed by atoms with van der Waals surface area (Å²) in [6, 6.07) is 33.5. The van der Waals surface area contributed by atoms with Gasteiger partial charge in [-0.3, -0.25) is 0 Å². The number of aromatic nitrogens is 2. The molecule has 2 aliphatic rings. The number of benzene rings is 4. The number of nitrogens with one attached hydrogen (secondary N) is 1. The van der Waals surface area contributed by atoms with Gasteiger partial charge in [0.1, 0.15) is 0 Å². The first-order chi connectivity index (χ1) is 19.1. The summed E-state index contributed by atoms with van der Waals surface area (Å²) in [5.74, 6) is 2.06. The van der Waals surface area contributed by atoms with Crippen molar-refractivity contribution in [3.8, 4) is 5.69 Å². The number of halogens is 2. The van der Waals surface area contributed by atoms with Crippen LogP contribution in [0, 0.1) is 6.92 Å². The third kappa shape index (κ3) is 4.09. The number of para-hydroxylation sites is 3. The van der Waals surface area contributed by atoms with Crippen LogP contribution < -0.4 is 10.2 Å². The summed E-state index contributed by atoms with van der Waals surface area (Å²) in [4.78, 5) is 12.5. The standard InChI is InChI=1S/C31H22Cl2N6/c1-19-27-28(20-9-7-10-21(32)17-20)38-26-16-6-5-15-25(26)35-29(34-23-12-8-11-22(33)18-23)31(38)36-30(27)39(37-19)24-13-3-2-4-14-24/h2-18,28H,1H3,(H,34,35)/t28-/m0/s1. The van der Waals surface area contributed by atoms with Crippen molar-refractivity contribution >= 4 is 57.8 Å². The highest BCUT2D eigenvalue weighted by molar-refractivity contribution is 6.51. The molecule has 1 aromatic heterocycles. The smallest absolute Gasteiger partial charge is 0.179 e. The molecule has 0 saturated heterocycles. The molecular weight excluding hydrogens is 527 g/mol. The maximum atomic E-state index is 6.54. The van der Waals surface area contributed by atoms with Gasteiger partial charge in [-0.1, -0.05) is 71.7 Å². The van der Waals surface area contributed by atoms with Gasteiger partial charge in [0, 0.05) is 21.3 Å². The molecule has 39 heavy (non-hydrogen) atoms. The number of anilines is 2. The molecule has 1 N–H and O–H groups in total. The second-order valence-electron chi connectivity index (χ2n) is 9.42. The Balaban J connectivity index is 1.51. The molecule has 4 aromatic carbocycles. The number of fused-ring (bicyclic) bond motifs is 4. The first-order valence-corrected chi connectivity index (χ1v) is 13.3. The Labute approximate surface area is 235 Å². The molecule has 1 atom stereocenters. The van der Waals surface area contributed by atoms with Gasteiger partial charge in [-0.05, 0) is 67.1 Å². The van der Waals surface area contributed by atoms with Crippen LogP contribution in [-0.4, -0.2) is 21.5 Å². The van der Waals surface area contributed by atoms with Crippen molar-refractivity contribution in [3.05, 3.63) is 130 Å². The molecule has 0 fully saturated rings. The van der Waals surface area contributed by atoms with E-state index in [0.717, 1.165) is 45.4 Å². The molecule has 8 heteroatoms. The van der Waals surface area contributed by atoms with Gasteiger partial charge in [0.2, 0.25) is 0 Å². The van der Waals surface area contributed by atoms with Crippen molar-refractivity contribution in [2.24, 2.45) is 9.98 Å². The monoisotopic (exact) mass is 548 g/mol. The molecule has 0 saturated carbocycles. The van der Waals surface area contributed by atoms with Gasteiger partial charge in [-0.2, -0.15) is 5.10 Å². The summed E-state index contributed by atoms with van der Waals surface area (Å²) in [5.41, 5.74) is 6.49. The minimum atomic E-state index is -0.239. The van der Waals surface area contributed by atoms with Crippen LogP contribution in [0.2, 0.25) is 10.0 Å². The van der Waals surface area contributed by atoms with Gasteiger partial charge >= 0.3 is 0 Å². The zero-order valence-electron chi connectivity index (χ0n) is 20.9. The van der Waals surface area contributed by atoms with E-state index in [4.69, 9.17) is 38.3 Å². The van der Waals surface area contributed by atoms with Crippen LogP contribution in [0.4, 0.5) is 22.9 Å². The predicted molar refractivity (Wildman–Crippen MR) is 160 cm³/mol. The molecule has 2 aliphatic heterocycles. The first kappa shape index (κ1) is 23.7. The lowest BCUT2D eigenvalue weighted by atomic mass is 9.93. The molecule has 0 spiro atoms. The molecule has 0 aliphatic carbocycles.